The molecule has 0 aromatic carbocycles. The van der Waals surface area contributed by atoms with E-state index in [2.05, 4.69) is 51.3 Å². The quantitative estimate of drug-likeness (QED) is 0.594. The monoisotopic (exact) mass is 292 g/mol. The lowest BCUT2D eigenvalue weighted by atomic mass is 9.90. The molecule has 2 aromatic rings. The molecule has 4 N–H and O–H groups in total. The molecule has 0 atom stereocenters. The zero-order chi connectivity index (χ0) is 15.3. The predicted molar refractivity (Wildman–Crippen MR) is 84.4 cm³/mol. The largest absolute Gasteiger partial charge is 0.396 e. The number of anilines is 2. The molecule has 0 unspecified atom stereocenters. The number of hydrogen-bond acceptors (Lipinski definition) is 6. The van der Waals surface area contributed by atoms with Crippen molar-refractivity contribution in [3.8, 4) is 0 Å². The lowest BCUT2D eigenvalue weighted by Crippen LogP contribution is -2.25. The molecule has 21 heavy (non-hydrogen) atoms. The number of H-pyrrole nitrogens is 1. The number of nitrogens with zero attached hydrogens (tertiary/aromatic N) is 3. The van der Waals surface area contributed by atoms with Crippen LogP contribution in [0.25, 0.3) is 11.2 Å². The summed E-state index contributed by atoms with van der Waals surface area (Å²) in [6, 6.07) is 0. The zero-order valence-electron chi connectivity index (χ0n) is 12.9. The van der Waals surface area contributed by atoms with Crippen LogP contribution in [0.3, 0.4) is 0 Å². The van der Waals surface area contributed by atoms with Crippen molar-refractivity contribution >= 4 is 22.9 Å². The van der Waals surface area contributed by atoms with E-state index in [1.807, 2.05) is 0 Å². The Morgan fingerprint density at radius 2 is 2.10 bits per heavy atom. The number of fused-ring (bicyclic) bond motifs is 1. The van der Waals surface area contributed by atoms with E-state index in [0.717, 1.165) is 30.7 Å². The van der Waals surface area contributed by atoms with Crippen molar-refractivity contribution in [1.82, 2.24) is 19.9 Å². The molecule has 116 valence electrons. The summed E-state index contributed by atoms with van der Waals surface area (Å²) in [6.07, 6.45) is 3.36. The van der Waals surface area contributed by atoms with Crippen molar-refractivity contribution in [2.24, 2.45) is 5.41 Å². The number of aromatic amines is 1. The molecule has 0 saturated heterocycles. The van der Waals surface area contributed by atoms with E-state index < -0.39 is 0 Å². The Hall–Kier alpha value is -1.89. The van der Waals surface area contributed by atoms with Crippen LogP contribution in [0.15, 0.2) is 6.33 Å². The van der Waals surface area contributed by atoms with Crippen LogP contribution in [-0.4, -0.2) is 44.7 Å². The number of hydrogen-bond donors (Lipinski definition) is 4. The molecule has 0 fully saturated rings. The second kappa shape index (κ2) is 6.71. The van der Waals surface area contributed by atoms with Gasteiger partial charge < -0.3 is 20.7 Å². The molecule has 0 aliphatic rings. The summed E-state index contributed by atoms with van der Waals surface area (Å²) >= 11 is 0. The number of aliphatic hydroxyl groups excluding tert-OH is 1. The van der Waals surface area contributed by atoms with Crippen LogP contribution >= 0.6 is 0 Å². The standard InChI is InChI=1S/C14H24N6O/c1-4-6-15-13-19-11(10-12(20-13)18-9-17-10)16-8-14(2,3)5-7-21/h9,21H,4-8H2,1-3H3,(H3,15,16,17,18,19,20). The fourth-order valence-corrected chi connectivity index (χ4v) is 1.99. The highest BCUT2D eigenvalue weighted by molar-refractivity contribution is 5.83. The molecule has 0 bridgehead atoms. The topological polar surface area (TPSA) is 98.8 Å². The lowest BCUT2D eigenvalue weighted by Gasteiger charge is -2.24. The summed E-state index contributed by atoms with van der Waals surface area (Å²) < 4.78 is 0. The van der Waals surface area contributed by atoms with Gasteiger partial charge in [-0.15, -0.1) is 0 Å². The molecule has 2 heterocycles. The van der Waals surface area contributed by atoms with Gasteiger partial charge in [-0.3, -0.25) is 0 Å². The first-order valence-corrected chi connectivity index (χ1v) is 7.35. The minimum Gasteiger partial charge on any atom is -0.396 e. The molecule has 0 aliphatic carbocycles. The van der Waals surface area contributed by atoms with Crippen LogP contribution in [0.5, 0.6) is 0 Å². The van der Waals surface area contributed by atoms with Gasteiger partial charge in [-0.05, 0) is 18.3 Å². The van der Waals surface area contributed by atoms with E-state index in [1.165, 1.54) is 0 Å². The van der Waals surface area contributed by atoms with Crippen LogP contribution in [0.4, 0.5) is 11.8 Å². The predicted octanol–water partition coefficient (Wildman–Crippen LogP) is 2.00. The van der Waals surface area contributed by atoms with Gasteiger partial charge in [0, 0.05) is 19.7 Å². The van der Waals surface area contributed by atoms with Crippen molar-refractivity contribution in [2.45, 2.75) is 33.6 Å². The smallest absolute Gasteiger partial charge is 0.226 e. The fourth-order valence-electron chi connectivity index (χ4n) is 1.99. The first kappa shape index (κ1) is 15.5. The Bertz CT molecular complexity index is 580. The molecule has 2 aromatic heterocycles. The third-order valence-corrected chi connectivity index (χ3v) is 3.34. The number of rotatable bonds is 8. The van der Waals surface area contributed by atoms with Crippen molar-refractivity contribution in [1.29, 1.82) is 0 Å². The minimum atomic E-state index is -0.0109. The maximum absolute atomic E-state index is 9.10. The van der Waals surface area contributed by atoms with Gasteiger partial charge in [0.1, 0.15) is 5.52 Å². The number of aromatic nitrogens is 4. The molecule has 0 spiro atoms. The summed E-state index contributed by atoms with van der Waals surface area (Å²) in [7, 11) is 0. The summed E-state index contributed by atoms with van der Waals surface area (Å²) in [5, 5.41) is 15.6. The van der Waals surface area contributed by atoms with Crippen molar-refractivity contribution in [3.05, 3.63) is 6.33 Å². The Balaban J connectivity index is 2.18. The second-order valence-electron chi connectivity index (χ2n) is 5.92. The highest BCUT2D eigenvalue weighted by Crippen LogP contribution is 2.23. The molecule has 0 aliphatic heterocycles. The Kier molecular flexibility index (Phi) is 4.95. The number of aliphatic hydroxyl groups is 1. The van der Waals surface area contributed by atoms with E-state index in [-0.39, 0.29) is 12.0 Å². The van der Waals surface area contributed by atoms with Crippen LogP contribution < -0.4 is 10.6 Å². The molecule has 7 heteroatoms. The normalized spacial score (nSPS) is 11.8. The molecule has 0 radical (unpaired) electrons. The van der Waals surface area contributed by atoms with Gasteiger partial charge in [0.2, 0.25) is 5.95 Å². The zero-order valence-corrected chi connectivity index (χ0v) is 12.9. The highest BCUT2D eigenvalue weighted by atomic mass is 16.3. The fraction of sp³-hybridized carbons (Fsp3) is 0.643. The van der Waals surface area contributed by atoms with Gasteiger partial charge in [0.25, 0.3) is 0 Å². The first-order chi connectivity index (χ1) is 10.1. The highest BCUT2D eigenvalue weighted by Gasteiger charge is 2.18. The maximum Gasteiger partial charge on any atom is 0.226 e. The van der Waals surface area contributed by atoms with Crippen molar-refractivity contribution < 1.29 is 5.11 Å². The second-order valence-corrected chi connectivity index (χ2v) is 5.92. The molecule has 0 amide bonds. The minimum absolute atomic E-state index is 0.0109. The van der Waals surface area contributed by atoms with Crippen LogP contribution in [0, 0.1) is 5.41 Å². The van der Waals surface area contributed by atoms with E-state index in [0.29, 0.717) is 18.1 Å². The summed E-state index contributed by atoms with van der Waals surface area (Å²) in [6.45, 7) is 8.03. The van der Waals surface area contributed by atoms with Gasteiger partial charge in [0.05, 0.1) is 6.33 Å². The van der Waals surface area contributed by atoms with Gasteiger partial charge in [-0.1, -0.05) is 20.8 Å². The van der Waals surface area contributed by atoms with Gasteiger partial charge in [0.15, 0.2) is 11.5 Å². The molecule has 7 nitrogen and oxygen atoms in total. The Labute approximate surface area is 124 Å². The van der Waals surface area contributed by atoms with Crippen molar-refractivity contribution in [3.63, 3.8) is 0 Å². The molecular formula is C14H24N6O. The van der Waals surface area contributed by atoms with E-state index >= 15 is 0 Å². The van der Waals surface area contributed by atoms with Gasteiger partial charge in [-0.25, -0.2) is 4.98 Å². The van der Waals surface area contributed by atoms with E-state index in [9.17, 15) is 0 Å². The summed E-state index contributed by atoms with van der Waals surface area (Å²) in [5.41, 5.74) is 1.44. The average molecular weight is 292 g/mol. The molecular weight excluding hydrogens is 268 g/mol. The molecule has 0 saturated carbocycles. The Morgan fingerprint density at radius 3 is 2.81 bits per heavy atom. The number of nitrogens with one attached hydrogen (secondary N) is 3. The van der Waals surface area contributed by atoms with E-state index in [4.69, 9.17) is 5.11 Å². The third-order valence-electron chi connectivity index (χ3n) is 3.34. The average Bonchev–Trinajstić information content (AvgIpc) is 2.91. The Morgan fingerprint density at radius 1 is 1.29 bits per heavy atom. The summed E-state index contributed by atoms with van der Waals surface area (Å²) in [5.74, 6) is 1.32. The van der Waals surface area contributed by atoms with Crippen LogP contribution in [0.2, 0.25) is 0 Å². The molecule has 2 rings (SSSR count). The SMILES string of the molecule is CCCNc1nc(NCC(C)(C)CCO)c2[nH]cnc2n1. The van der Waals surface area contributed by atoms with Crippen LogP contribution in [-0.2, 0) is 0 Å². The van der Waals surface area contributed by atoms with Crippen LogP contribution in [0.1, 0.15) is 33.6 Å². The lowest BCUT2D eigenvalue weighted by molar-refractivity contribution is 0.220. The van der Waals surface area contributed by atoms with E-state index in [1.54, 1.807) is 6.33 Å². The van der Waals surface area contributed by atoms with Crippen molar-refractivity contribution in [2.75, 3.05) is 30.3 Å². The first-order valence-electron chi connectivity index (χ1n) is 7.35. The maximum atomic E-state index is 9.10. The summed E-state index contributed by atoms with van der Waals surface area (Å²) in [4.78, 5) is 16.1. The third kappa shape index (κ3) is 4.04. The van der Waals surface area contributed by atoms with Gasteiger partial charge in [-0.2, -0.15) is 9.97 Å². The van der Waals surface area contributed by atoms with Gasteiger partial charge >= 0.3 is 0 Å². The number of imidazole rings is 1.